The maximum absolute atomic E-state index is 5.81. The molecule has 2 heterocycles. The molecule has 21 heavy (non-hydrogen) atoms. The Balaban J connectivity index is 1.84. The van der Waals surface area contributed by atoms with Crippen molar-refractivity contribution in [1.29, 1.82) is 0 Å². The lowest BCUT2D eigenvalue weighted by atomic mass is 10.3. The van der Waals surface area contributed by atoms with Crippen molar-refractivity contribution in [1.82, 2.24) is 15.0 Å². The zero-order valence-corrected chi connectivity index (χ0v) is 12.6. The van der Waals surface area contributed by atoms with Gasteiger partial charge in [0.25, 0.3) is 0 Å². The number of ether oxygens (including phenoxy) is 1. The Kier molecular flexibility index (Phi) is 4.10. The van der Waals surface area contributed by atoms with Crippen molar-refractivity contribution in [2.75, 3.05) is 30.8 Å². The number of nitrogens with two attached hydrogens (primary N) is 1. The predicted octanol–water partition coefficient (Wildman–Crippen LogP) is 2.21. The van der Waals surface area contributed by atoms with Crippen LogP contribution < -0.4 is 15.4 Å². The van der Waals surface area contributed by atoms with E-state index in [-0.39, 0.29) is 5.95 Å². The second-order valence-corrected chi connectivity index (χ2v) is 5.79. The molecule has 1 saturated heterocycles. The highest BCUT2D eigenvalue weighted by Crippen LogP contribution is 2.29. The molecule has 0 atom stereocenters. The summed E-state index contributed by atoms with van der Waals surface area (Å²) in [6.45, 7) is 1.96. The first-order valence-electron chi connectivity index (χ1n) is 6.83. The van der Waals surface area contributed by atoms with Gasteiger partial charge in [0.05, 0.1) is 7.11 Å². The number of hydrogen-bond donors (Lipinski definition) is 1. The molecule has 7 heteroatoms. The zero-order chi connectivity index (χ0) is 14.7. The van der Waals surface area contributed by atoms with Gasteiger partial charge in [0.2, 0.25) is 11.9 Å². The largest absolute Gasteiger partial charge is 0.497 e. The van der Waals surface area contributed by atoms with Gasteiger partial charge in [-0.25, -0.2) is 0 Å². The fourth-order valence-corrected chi connectivity index (χ4v) is 3.03. The van der Waals surface area contributed by atoms with Crippen LogP contribution in [0.15, 0.2) is 34.3 Å². The van der Waals surface area contributed by atoms with Gasteiger partial charge in [-0.05, 0) is 42.8 Å². The van der Waals surface area contributed by atoms with Gasteiger partial charge in [0.15, 0.2) is 5.16 Å². The molecule has 0 amide bonds. The molecule has 2 N–H and O–H groups in total. The van der Waals surface area contributed by atoms with Crippen LogP contribution in [0.3, 0.4) is 0 Å². The minimum Gasteiger partial charge on any atom is -0.497 e. The van der Waals surface area contributed by atoms with Gasteiger partial charge in [-0.2, -0.15) is 15.0 Å². The predicted molar refractivity (Wildman–Crippen MR) is 82.8 cm³/mol. The fraction of sp³-hybridized carbons (Fsp3) is 0.357. The summed E-state index contributed by atoms with van der Waals surface area (Å²) < 4.78 is 5.22. The lowest BCUT2D eigenvalue weighted by molar-refractivity contribution is 0.413. The molecule has 1 aliphatic rings. The van der Waals surface area contributed by atoms with Crippen LogP contribution in [-0.2, 0) is 0 Å². The van der Waals surface area contributed by atoms with Gasteiger partial charge in [0.1, 0.15) is 5.75 Å². The number of nitrogens with zero attached hydrogens (tertiary/aromatic N) is 4. The number of nitrogen functional groups attached to an aromatic ring is 1. The Labute approximate surface area is 127 Å². The van der Waals surface area contributed by atoms with Crippen LogP contribution in [-0.4, -0.2) is 35.2 Å². The highest BCUT2D eigenvalue weighted by atomic mass is 32.2. The van der Waals surface area contributed by atoms with Gasteiger partial charge < -0.3 is 15.4 Å². The molecule has 1 aliphatic heterocycles. The molecule has 0 unspecified atom stereocenters. The molecule has 1 fully saturated rings. The summed E-state index contributed by atoms with van der Waals surface area (Å²) in [4.78, 5) is 16.1. The summed E-state index contributed by atoms with van der Waals surface area (Å²) in [6, 6.07) is 7.78. The van der Waals surface area contributed by atoms with Crippen molar-refractivity contribution in [2.45, 2.75) is 22.9 Å². The molecule has 0 radical (unpaired) electrons. The number of benzene rings is 1. The minimum atomic E-state index is 0.261. The van der Waals surface area contributed by atoms with Crippen LogP contribution in [0.4, 0.5) is 11.9 Å². The van der Waals surface area contributed by atoms with E-state index in [4.69, 9.17) is 10.5 Å². The number of methoxy groups -OCH3 is 1. The Bertz CT molecular complexity index is 631. The second-order valence-electron chi connectivity index (χ2n) is 4.75. The molecular weight excluding hydrogens is 286 g/mol. The SMILES string of the molecule is COc1cccc(Sc2nc(N)nc(N3CCCC3)n2)c1. The van der Waals surface area contributed by atoms with Crippen molar-refractivity contribution in [3.05, 3.63) is 24.3 Å². The van der Waals surface area contributed by atoms with Crippen LogP contribution in [0.2, 0.25) is 0 Å². The van der Waals surface area contributed by atoms with E-state index in [0.717, 1.165) is 23.7 Å². The Hall–Kier alpha value is -2.02. The molecule has 1 aromatic carbocycles. The van der Waals surface area contributed by atoms with E-state index in [0.29, 0.717) is 11.1 Å². The molecule has 3 rings (SSSR count). The van der Waals surface area contributed by atoms with Crippen LogP contribution >= 0.6 is 11.8 Å². The van der Waals surface area contributed by atoms with Crippen molar-refractivity contribution < 1.29 is 4.74 Å². The maximum Gasteiger partial charge on any atom is 0.231 e. The molecule has 110 valence electrons. The van der Waals surface area contributed by atoms with Crippen molar-refractivity contribution in [3.63, 3.8) is 0 Å². The van der Waals surface area contributed by atoms with Gasteiger partial charge in [-0.3, -0.25) is 0 Å². The van der Waals surface area contributed by atoms with E-state index in [1.165, 1.54) is 24.6 Å². The molecule has 0 saturated carbocycles. The zero-order valence-electron chi connectivity index (χ0n) is 11.8. The summed E-state index contributed by atoms with van der Waals surface area (Å²) in [5.74, 6) is 1.74. The quantitative estimate of drug-likeness (QED) is 0.927. The molecule has 0 spiro atoms. The Morgan fingerprint density at radius 3 is 2.76 bits per heavy atom. The third-order valence-electron chi connectivity index (χ3n) is 3.26. The summed E-state index contributed by atoms with van der Waals surface area (Å²) >= 11 is 1.46. The molecule has 0 bridgehead atoms. The molecule has 0 aliphatic carbocycles. The fourth-order valence-electron chi connectivity index (χ4n) is 2.24. The average Bonchev–Trinajstić information content (AvgIpc) is 3.01. The van der Waals surface area contributed by atoms with Gasteiger partial charge in [-0.1, -0.05) is 6.07 Å². The summed E-state index contributed by atoms with van der Waals surface area (Å²) in [7, 11) is 1.65. The van der Waals surface area contributed by atoms with Gasteiger partial charge in [0, 0.05) is 18.0 Å². The summed E-state index contributed by atoms with van der Waals surface area (Å²) in [5, 5.41) is 0.609. The highest BCUT2D eigenvalue weighted by molar-refractivity contribution is 7.99. The third-order valence-corrected chi connectivity index (χ3v) is 4.11. The van der Waals surface area contributed by atoms with Gasteiger partial charge in [-0.15, -0.1) is 0 Å². The van der Waals surface area contributed by atoms with Crippen molar-refractivity contribution >= 4 is 23.7 Å². The number of anilines is 2. The van der Waals surface area contributed by atoms with Gasteiger partial charge >= 0.3 is 0 Å². The molecule has 6 nitrogen and oxygen atoms in total. The van der Waals surface area contributed by atoms with E-state index >= 15 is 0 Å². The van der Waals surface area contributed by atoms with Crippen molar-refractivity contribution in [3.8, 4) is 5.75 Å². The van der Waals surface area contributed by atoms with E-state index in [9.17, 15) is 0 Å². The number of rotatable bonds is 4. The number of hydrogen-bond acceptors (Lipinski definition) is 7. The van der Waals surface area contributed by atoms with Crippen LogP contribution in [0.1, 0.15) is 12.8 Å². The molecular formula is C14H17N5OS. The number of aromatic nitrogens is 3. The van der Waals surface area contributed by atoms with Crippen LogP contribution in [0, 0.1) is 0 Å². The average molecular weight is 303 g/mol. The normalized spacial score (nSPS) is 14.4. The van der Waals surface area contributed by atoms with E-state index in [2.05, 4.69) is 19.9 Å². The third kappa shape index (κ3) is 3.36. The molecule has 1 aromatic heterocycles. The topological polar surface area (TPSA) is 77.2 Å². The highest BCUT2D eigenvalue weighted by Gasteiger charge is 2.17. The standard InChI is InChI=1S/C14H17N5OS/c1-20-10-5-4-6-11(9-10)21-14-17-12(15)16-13(18-14)19-7-2-3-8-19/h4-6,9H,2-3,7-8H2,1H3,(H2,15,16,17,18). The minimum absolute atomic E-state index is 0.261. The first kappa shape index (κ1) is 13.9. The smallest absolute Gasteiger partial charge is 0.231 e. The van der Waals surface area contributed by atoms with Crippen LogP contribution in [0.5, 0.6) is 5.75 Å². The Morgan fingerprint density at radius 2 is 2.00 bits per heavy atom. The monoisotopic (exact) mass is 303 g/mol. The van der Waals surface area contributed by atoms with E-state index < -0.39 is 0 Å². The van der Waals surface area contributed by atoms with Crippen molar-refractivity contribution in [2.24, 2.45) is 0 Å². The summed E-state index contributed by atoms with van der Waals surface area (Å²) in [5.41, 5.74) is 5.81. The maximum atomic E-state index is 5.81. The lowest BCUT2D eigenvalue weighted by Crippen LogP contribution is -2.21. The van der Waals surface area contributed by atoms with E-state index in [1.807, 2.05) is 24.3 Å². The van der Waals surface area contributed by atoms with Crippen LogP contribution in [0.25, 0.3) is 0 Å². The first-order valence-corrected chi connectivity index (χ1v) is 7.64. The summed E-state index contributed by atoms with van der Waals surface area (Å²) in [6.07, 6.45) is 2.34. The molecule has 2 aromatic rings. The lowest BCUT2D eigenvalue weighted by Gasteiger charge is -2.15. The van der Waals surface area contributed by atoms with E-state index in [1.54, 1.807) is 7.11 Å². The second kappa shape index (κ2) is 6.17. The first-order chi connectivity index (χ1) is 10.2. The Morgan fingerprint density at radius 1 is 1.19 bits per heavy atom.